The highest BCUT2D eigenvalue weighted by molar-refractivity contribution is 7.99. The van der Waals surface area contributed by atoms with Crippen molar-refractivity contribution >= 4 is 29.2 Å². The van der Waals surface area contributed by atoms with E-state index in [2.05, 4.69) is 0 Å². The van der Waals surface area contributed by atoms with Crippen LogP contribution in [0.25, 0.3) is 0 Å². The Morgan fingerprint density at radius 3 is 2.39 bits per heavy atom. The maximum atomic E-state index is 13.0. The Kier molecular flexibility index (Phi) is 9.00. The van der Waals surface area contributed by atoms with Crippen molar-refractivity contribution in [3.63, 3.8) is 0 Å². The average molecular weight is 551 g/mol. The molecule has 202 valence electrons. The third-order valence-electron chi connectivity index (χ3n) is 5.78. The van der Waals surface area contributed by atoms with Crippen LogP contribution in [0.5, 0.6) is 0 Å². The highest BCUT2D eigenvalue weighted by Crippen LogP contribution is 2.40. The number of halogens is 3. The van der Waals surface area contributed by atoms with Crippen molar-refractivity contribution in [2.45, 2.75) is 42.8 Å². The third kappa shape index (κ3) is 6.43. The molecule has 2 aromatic carbocycles. The fourth-order valence-electron chi connectivity index (χ4n) is 4.11. The topological polar surface area (TPSA) is 101 Å². The number of methoxy groups -OCH3 is 1. The summed E-state index contributed by atoms with van der Waals surface area (Å²) in [5.41, 5.74) is 0.0669. The Morgan fingerprint density at radius 2 is 1.76 bits per heavy atom. The van der Waals surface area contributed by atoms with Crippen molar-refractivity contribution in [3.8, 4) is 0 Å². The maximum Gasteiger partial charge on any atom is 0.416 e. The van der Waals surface area contributed by atoms with Crippen LogP contribution in [0.4, 0.5) is 18.9 Å². The van der Waals surface area contributed by atoms with Gasteiger partial charge in [-0.05, 0) is 51.1 Å². The predicted octanol–water partition coefficient (Wildman–Crippen LogP) is 6.43. The fourth-order valence-corrected chi connectivity index (χ4v) is 5.12. The highest BCUT2D eigenvalue weighted by Gasteiger charge is 2.33. The Balaban J connectivity index is 1.80. The molecule has 0 saturated carbocycles. The fraction of sp³-hybridized carbons (Fsp3) is 0.308. The number of esters is 1. The minimum absolute atomic E-state index is 0.0118. The summed E-state index contributed by atoms with van der Waals surface area (Å²) < 4.78 is 51.5. The van der Waals surface area contributed by atoms with E-state index >= 15 is 0 Å². The van der Waals surface area contributed by atoms with Crippen molar-refractivity contribution in [2.24, 2.45) is 0 Å². The van der Waals surface area contributed by atoms with Gasteiger partial charge in [0.1, 0.15) is 0 Å². The van der Waals surface area contributed by atoms with Gasteiger partial charge in [-0.1, -0.05) is 23.9 Å². The number of nitrogens with zero attached hydrogens (tertiary/aromatic N) is 2. The molecule has 0 saturated heterocycles. The number of aromatic nitrogens is 1. The van der Waals surface area contributed by atoms with E-state index in [1.807, 2.05) is 18.4 Å². The van der Waals surface area contributed by atoms with Crippen LogP contribution in [0.2, 0.25) is 0 Å². The van der Waals surface area contributed by atoms with Crippen molar-refractivity contribution in [1.82, 2.24) is 4.57 Å². The summed E-state index contributed by atoms with van der Waals surface area (Å²) in [6, 6.07) is 9.86. The van der Waals surface area contributed by atoms with E-state index in [0.29, 0.717) is 23.9 Å². The monoisotopic (exact) mass is 550 g/mol. The summed E-state index contributed by atoms with van der Waals surface area (Å²) in [5, 5.41) is 11.4. The normalized spacial score (nSPS) is 12.3. The number of alkyl halides is 3. The first kappa shape index (κ1) is 28.9. The second kappa shape index (κ2) is 11.8. The minimum atomic E-state index is -4.75. The Labute approximate surface area is 220 Å². The molecule has 0 fully saturated rings. The van der Waals surface area contributed by atoms with Crippen LogP contribution in [-0.4, -0.2) is 41.6 Å². The molecule has 8 nitrogen and oxygen atoms in total. The second-order valence-electron chi connectivity index (χ2n) is 8.49. The number of ether oxygens (including phenoxy) is 2. The van der Waals surface area contributed by atoms with Crippen LogP contribution in [0.1, 0.15) is 50.6 Å². The highest BCUT2D eigenvalue weighted by atomic mass is 32.2. The van der Waals surface area contributed by atoms with Gasteiger partial charge in [0.25, 0.3) is 5.69 Å². The molecular weight excluding hydrogens is 525 g/mol. The van der Waals surface area contributed by atoms with Gasteiger partial charge in [-0.3, -0.25) is 14.9 Å². The number of ketones is 1. The van der Waals surface area contributed by atoms with Gasteiger partial charge in [-0.25, -0.2) is 4.79 Å². The smallest absolute Gasteiger partial charge is 0.416 e. The molecule has 3 rings (SSSR count). The zero-order valence-corrected chi connectivity index (χ0v) is 21.8. The van der Waals surface area contributed by atoms with E-state index in [-0.39, 0.29) is 21.4 Å². The van der Waals surface area contributed by atoms with Gasteiger partial charge in [0.15, 0.2) is 6.61 Å². The van der Waals surface area contributed by atoms with Crippen molar-refractivity contribution in [1.29, 1.82) is 0 Å². The number of Topliss-reactive ketones (excluding diaryl/α,β-unsaturated/α-hetero) is 1. The summed E-state index contributed by atoms with van der Waals surface area (Å²) in [7, 11) is 1.59. The molecule has 1 heterocycles. The van der Waals surface area contributed by atoms with E-state index in [1.54, 1.807) is 26.2 Å². The molecule has 0 unspecified atom stereocenters. The number of carbonyl (C=O) groups is 2. The number of hydrogen-bond acceptors (Lipinski definition) is 7. The lowest BCUT2D eigenvalue weighted by Crippen LogP contribution is -2.17. The molecule has 0 N–H and O–H groups in total. The van der Waals surface area contributed by atoms with E-state index in [4.69, 9.17) is 9.47 Å². The Morgan fingerprint density at radius 1 is 1.08 bits per heavy atom. The number of nitro benzene ring substituents is 1. The van der Waals surface area contributed by atoms with Gasteiger partial charge >= 0.3 is 12.1 Å². The molecular formula is C26H25F3N2O6S. The Hall–Kier alpha value is -3.64. The lowest BCUT2D eigenvalue weighted by atomic mass is 10.1. The minimum Gasteiger partial charge on any atom is -0.454 e. The standard InChI is InChI=1S/C26H25F3N2O6S/c1-15-11-20(17(3)30(15)16(2)13-36-4)22(32)14-37-25(33)19-7-5-6-8-23(19)38-24-10-9-18(26(27,28)29)12-21(24)31(34)35/h5-12,16H,13-14H2,1-4H3/t16-/m1/s1. The molecule has 3 aromatic rings. The molecule has 12 heteroatoms. The molecule has 0 amide bonds. The van der Waals surface area contributed by atoms with E-state index in [0.717, 1.165) is 29.6 Å². The van der Waals surface area contributed by atoms with Crippen LogP contribution in [0.3, 0.4) is 0 Å². The van der Waals surface area contributed by atoms with E-state index in [1.165, 1.54) is 18.2 Å². The third-order valence-corrected chi connectivity index (χ3v) is 6.92. The van der Waals surface area contributed by atoms with Crippen LogP contribution in [0, 0.1) is 24.0 Å². The first-order valence-corrected chi connectivity index (χ1v) is 12.2. The first-order chi connectivity index (χ1) is 17.8. The summed E-state index contributed by atoms with van der Waals surface area (Å²) in [6.07, 6.45) is -4.75. The summed E-state index contributed by atoms with van der Waals surface area (Å²) >= 11 is 0.753. The van der Waals surface area contributed by atoms with Gasteiger partial charge in [-0.2, -0.15) is 13.2 Å². The number of hydrogen-bond donors (Lipinski definition) is 0. The van der Waals surface area contributed by atoms with Gasteiger partial charge in [0.2, 0.25) is 5.78 Å². The van der Waals surface area contributed by atoms with Crippen LogP contribution < -0.4 is 0 Å². The lowest BCUT2D eigenvalue weighted by molar-refractivity contribution is -0.388. The van der Waals surface area contributed by atoms with Crippen LogP contribution in [-0.2, 0) is 15.7 Å². The molecule has 1 aromatic heterocycles. The largest absolute Gasteiger partial charge is 0.454 e. The molecule has 0 aliphatic carbocycles. The summed E-state index contributed by atoms with van der Waals surface area (Å²) in [6.45, 7) is 5.51. The van der Waals surface area contributed by atoms with Crippen molar-refractivity contribution in [2.75, 3.05) is 20.3 Å². The summed E-state index contributed by atoms with van der Waals surface area (Å²) in [5.74, 6) is -1.26. The van der Waals surface area contributed by atoms with Crippen molar-refractivity contribution < 1.29 is 37.2 Å². The molecule has 0 radical (unpaired) electrons. The van der Waals surface area contributed by atoms with Gasteiger partial charge < -0.3 is 14.0 Å². The summed E-state index contributed by atoms with van der Waals surface area (Å²) in [4.78, 5) is 36.4. The number of benzene rings is 2. The van der Waals surface area contributed by atoms with Gasteiger partial charge in [-0.15, -0.1) is 0 Å². The van der Waals surface area contributed by atoms with Crippen molar-refractivity contribution in [3.05, 3.63) is 86.7 Å². The number of carbonyl (C=O) groups excluding carboxylic acids is 2. The van der Waals surface area contributed by atoms with Gasteiger partial charge in [0.05, 0.1) is 33.6 Å². The second-order valence-corrected chi connectivity index (χ2v) is 9.58. The number of rotatable bonds is 10. The Bertz CT molecular complexity index is 1370. The SMILES string of the molecule is COC[C@@H](C)n1c(C)cc(C(=O)COC(=O)c2ccccc2Sc2ccc(C(F)(F)F)cc2[N+](=O)[O-])c1C. The molecule has 0 spiro atoms. The molecule has 38 heavy (non-hydrogen) atoms. The van der Waals surface area contributed by atoms with E-state index in [9.17, 15) is 32.9 Å². The zero-order valence-electron chi connectivity index (χ0n) is 21.0. The van der Waals surface area contributed by atoms with Gasteiger partial charge in [0, 0.05) is 35.0 Å². The first-order valence-electron chi connectivity index (χ1n) is 11.3. The van der Waals surface area contributed by atoms with E-state index < -0.39 is 40.7 Å². The molecule has 0 bridgehead atoms. The molecule has 0 aliphatic rings. The lowest BCUT2D eigenvalue weighted by Gasteiger charge is -2.17. The quantitative estimate of drug-likeness (QED) is 0.124. The average Bonchev–Trinajstić information content (AvgIpc) is 3.16. The number of aryl methyl sites for hydroxylation is 1. The number of nitro groups is 1. The predicted molar refractivity (Wildman–Crippen MR) is 134 cm³/mol. The maximum absolute atomic E-state index is 13.0. The van der Waals surface area contributed by atoms with Crippen LogP contribution >= 0.6 is 11.8 Å². The zero-order chi connectivity index (χ0) is 28.2. The molecule has 1 atom stereocenters. The van der Waals surface area contributed by atoms with Crippen LogP contribution in [0.15, 0.2) is 58.3 Å². The molecule has 0 aliphatic heterocycles.